The van der Waals surface area contributed by atoms with Gasteiger partial charge in [-0.3, -0.25) is 0 Å². The van der Waals surface area contributed by atoms with Crippen LogP contribution in [0.2, 0.25) is 0 Å². The zero-order valence-electron chi connectivity index (χ0n) is 23.5. The molecule has 1 N–H and O–H groups in total. The van der Waals surface area contributed by atoms with E-state index in [1.165, 1.54) is 24.0 Å². The average molecular weight is 547 g/mol. The molecule has 5 nitrogen and oxygen atoms in total. The lowest BCUT2D eigenvalue weighted by Gasteiger charge is -2.22. The maximum atomic E-state index is 13.1. The van der Waals surface area contributed by atoms with Crippen LogP contribution in [-0.4, -0.2) is 5.11 Å². The first-order valence-electron chi connectivity index (χ1n) is 13.3. The highest BCUT2D eigenvalue weighted by atomic mass is 31.2. The highest BCUT2D eigenvalue weighted by Crippen LogP contribution is 2.49. The molecule has 0 aliphatic carbocycles. The predicted octanol–water partition coefficient (Wildman–Crippen LogP) is 9.67. The van der Waals surface area contributed by atoms with Crippen LogP contribution in [0.5, 0.6) is 23.0 Å². The minimum atomic E-state index is -3.89. The Hall–Kier alpha value is -3.69. The number of aryl methyl sites for hydroxylation is 2. The molecular weight excluding hydrogens is 507 g/mol. The van der Waals surface area contributed by atoms with Gasteiger partial charge < -0.3 is 18.7 Å². The van der Waals surface area contributed by atoms with E-state index in [4.69, 9.17) is 13.6 Å². The number of aromatic hydroxyl groups is 1. The Morgan fingerprint density at radius 1 is 0.718 bits per heavy atom. The summed E-state index contributed by atoms with van der Waals surface area (Å²) in [4.78, 5) is 0. The largest absolute Gasteiger partial charge is 0.647 e. The highest BCUT2D eigenvalue weighted by Gasteiger charge is 2.33. The number of rotatable bonds is 9. The summed E-state index contributed by atoms with van der Waals surface area (Å²) in [6.45, 7) is 10.7. The van der Waals surface area contributed by atoms with Crippen molar-refractivity contribution in [1.29, 1.82) is 0 Å². The van der Waals surface area contributed by atoms with Crippen molar-refractivity contribution in [3.63, 3.8) is 0 Å². The van der Waals surface area contributed by atoms with Crippen molar-refractivity contribution in [2.45, 2.75) is 59.3 Å². The molecule has 4 aromatic rings. The standard InChI is InChI=1S/C18H15O4P.C15H24O/c19-23(20-16-10-4-1-5-11-16,21-17-12-6-2-7-13-17)22-18-14-8-3-9-15-18;1-6-7-8-12-10-13(15(3,4)5)14(16)9-11(12)2/h1-15H;9-10,16H,6-8H2,1-5H3. The SMILES string of the molecule is CCCCc1cc(C(C)(C)C)c(O)cc1C.O=P(Oc1ccccc1)(Oc1ccccc1)Oc1ccccc1. The Morgan fingerprint density at radius 2 is 1.13 bits per heavy atom. The smallest absolute Gasteiger partial charge is 0.508 e. The Morgan fingerprint density at radius 3 is 1.49 bits per heavy atom. The Kier molecular flexibility index (Phi) is 10.7. The summed E-state index contributed by atoms with van der Waals surface area (Å²) >= 11 is 0. The van der Waals surface area contributed by atoms with Crippen molar-refractivity contribution in [2.24, 2.45) is 0 Å². The van der Waals surface area contributed by atoms with Gasteiger partial charge in [0.05, 0.1) is 0 Å². The van der Waals surface area contributed by atoms with E-state index >= 15 is 0 Å². The van der Waals surface area contributed by atoms with E-state index in [1.54, 1.807) is 72.8 Å². The van der Waals surface area contributed by atoms with Gasteiger partial charge in [0.2, 0.25) is 0 Å². The van der Waals surface area contributed by atoms with Gasteiger partial charge in [0.15, 0.2) is 0 Å². The molecule has 0 unspecified atom stereocenters. The monoisotopic (exact) mass is 546 g/mol. The van der Waals surface area contributed by atoms with E-state index in [2.05, 4.69) is 40.7 Å². The van der Waals surface area contributed by atoms with Gasteiger partial charge >= 0.3 is 7.82 Å². The number of phosphoric acid groups is 1. The van der Waals surface area contributed by atoms with Gasteiger partial charge in [-0.2, -0.15) is 4.57 Å². The molecule has 206 valence electrons. The van der Waals surface area contributed by atoms with Crippen molar-refractivity contribution in [3.8, 4) is 23.0 Å². The van der Waals surface area contributed by atoms with Gasteiger partial charge in [0, 0.05) is 0 Å². The van der Waals surface area contributed by atoms with Crippen LogP contribution in [0.4, 0.5) is 0 Å². The van der Waals surface area contributed by atoms with Crippen molar-refractivity contribution in [2.75, 3.05) is 0 Å². The number of phenolic OH excluding ortho intramolecular Hbond substituents is 1. The maximum Gasteiger partial charge on any atom is 0.647 e. The second-order valence-electron chi connectivity index (χ2n) is 10.3. The third-order valence-corrected chi connectivity index (χ3v) is 7.25. The minimum absolute atomic E-state index is 0.0126. The summed E-state index contributed by atoms with van der Waals surface area (Å²) in [5, 5.41) is 9.98. The molecule has 4 aromatic carbocycles. The molecule has 39 heavy (non-hydrogen) atoms. The summed E-state index contributed by atoms with van der Waals surface area (Å²) in [7, 11) is -3.89. The van der Waals surface area contributed by atoms with Crippen LogP contribution in [0.15, 0.2) is 103 Å². The summed E-state index contributed by atoms with van der Waals surface area (Å²) in [5.41, 5.74) is 3.66. The maximum absolute atomic E-state index is 13.1. The third-order valence-electron chi connectivity index (χ3n) is 5.94. The van der Waals surface area contributed by atoms with Crippen LogP contribution in [0, 0.1) is 6.92 Å². The number of hydrogen-bond donors (Lipinski definition) is 1. The lowest BCUT2D eigenvalue weighted by Crippen LogP contribution is -2.12. The summed E-state index contributed by atoms with van der Waals surface area (Å²) in [6, 6.07) is 30.4. The normalized spacial score (nSPS) is 11.2. The van der Waals surface area contributed by atoms with Gasteiger partial charge in [0.1, 0.15) is 23.0 Å². The van der Waals surface area contributed by atoms with Gasteiger partial charge in [-0.25, -0.2) is 0 Å². The van der Waals surface area contributed by atoms with Crippen LogP contribution < -0.4 is 13.6 Å². The molecular formula is C33H39O5P. The Labute approximate surface area is 233 Å². The molecule has 0 radical (unpaired) electrons. The van der Waals surface area contributed by atoms with Crippen LogP contribution in [-0.2, 0) is 16.4 Å². The second kappa shape index (κ2) is 13.9. The second-order valence-corrected chi connectivity index (χ2v) is 11.8. The number of para-hydroxylation sites is 3. The Balaban J connectivity index is 0.000000231. The first-order valence-corrected chi connectivity index (χ1v) is 14.7. The summed E-state index contributed by atoms with van der Waals surface area (Å²) in [5.74, 6) is 1.65. The van der Waals surface area contributed by atoms with E-state index in [0.29, 0.717) is 23.0 Å². The lowest BCUT2D eigenvalue weighted by atomic mass is 9.84. The molecule has 0 aromatic heterocycles. The Bertz CT molecular complexity index is 1230. The van der Waals surface area contributed by atoms with Crippen LogP contribution >= 0.6 is 7.82 Å². The fourth-order valence-corrected chi connectivity index (χ4v) is 5.11. The molecule has 6 heteroatoms. The van der Waals surface area contributed by atoms with E-state index in [-0.39, 0.29) is 5.41 Å². The molecule has 0 fully saturated rings. The van der Waals surface area contributed by atoms with E-state index in [1.807, 2.05) is 24.3 Å². The summed E-state index contributed by atoms with van der Waals surface area (Å²) in [6.07, 6.45) is 3.55. The number of unbranched alkanes of at least 4 members (excludes halogenated alkanes) is 1. The van der Waals surface area contributed by atoms with Gasteiger partial charge in [-0.05, 0) is 84.3 Å². The molecule has 0 bridgehead atoms. The molecule has 0 aliphatic heterocycles. The topological polar surface area (TPSA) is 65.0 Å². The number of benzene rings is 4. The van der Waals surface area contributed by atoms with Crippen molar-refractivity contribution in [1.82, 2.24) is 0 Å². The fraction of sp³-hybridized carbons (Fsp3) is 0.273. The predicted molar refractivity (Wildman–Crippen MR) is 159 cm³/mol. The molecule has 4 rings (SSSR count). The van der Waals surface area contributed by atoms with Crippen molar-refractivity contribution < 1.29 is 23.2 Å². The molecule has 0 heterocycles. The number of hydrogen-bond acceptors (Lipinski definition) is 5. The molecule has 0 saturated heterocycles. The van der Waals surface area contributed by atoms with E-state index in [0.717, 1.165) is 12.0 Å². The molecule has 0 aliphatic rings. The highest BCUT2D eigenvalue weighted by molar-refractivity contribution is 7.49. The van der Waals surface area contributed by atoms with E-state index in [9.17, 15) is 9.67 Å². The minimum Gasteiger partial charge on any atom is -0.508 e. The fourth-order valence-electron chi connectivity index (χ4n) is 3.86. The zero-order chi connectivity index (χ0) is 28.3. The van der Waals surface area contributed by atoms with Gasteiger partial charge in [0.25, 0.3) is 0 Å². The van der Waals surface area contributed by atoms with Gasteiger partial charge in [-0.1, -0.05) is 94.8 Å². The lowest BCUT2D eigenvalue weighted by molar-refractivity contribution is 0.298. The summed E-state index contributed by atoms with van der Waals surface area (Å²) < 4.78 is 29.6. The number of phosphoric ester groups is 1. The molecule has 0 spiro atoms. The van der Waals surface area contributed by atoms with Crippen molar-refractivity contribution >= 4 is 7.82 Å². The zero-order valence-corrected chi connectivity index (χ0v) is 24.4. The van der Waals surface area contributed by atoms with Gasteiger partial charge in [-0.15, -0.1) is 0 Å². The molecule has 0 atom stereocenters. The first-order chi connectivity index (χ1) is 18.6. The average Bonchev–Trinajstić information content (AvgIpc) is 2.89. The third kappa shape index (κ3) is 9.53. The molecule has 0 amide bonds. The molecule has 0 saturated carbocycles. The van der Waals surface area contributed by atoms with Crippen LogP contribution in [0.25, 0.3) is 0 Å². The quantitative estimate of drug-likeness (QED) is 0.212. The van der Waals surface area contributed by atoms with Crippen LogP contribution in [0.1, 0.15) is 57.2 Å². The van der Waals surface area contributed by atoms with E-state index < -0.39 is 7.82 Å². The van der Waals surface area contributed by atoms with Crippen molar-refractivity contribution in [3.05, 3.63) is 120 Å². The first kappa shape index (κ1) is 29.9. The number of phenols is 1. The van der Waals surface area contributed by atoms with Crippen LogP contribution in [0.3, 0.4) is 0 Å².